The van der Waals surface area contributed by atoms with E-state index in [0.29, 0.717) is 6.04 Å². The molecule has 0 radical (unpaired) electrons. The lowest BCUT2D eigenvalue weighted by atomic mass is 10.0. The van der Waals surface area contributed by atoms with Crippen LogP contribution in [-0.2, 0) is 11.3 Å². The van der Waals surface area contributed by atoms with Gasteiger partial charge in [0.15, 0.2) is 0 Å². The Bertz CT molecular complexity index is 545. The van der Waals surface area contributed by atoms with Crippen LogP contribution in [0.4, 0.5) is 4.79 Å². The van der Waals surface area contributed by atoms with Gasteiger partial charge in [0.25, 0.3) is 0 Å². The van der Waals surface area contributed by atoms with E-state index < -0.39 is 5.60 Å². The molecule has 1 saturated heterocycles. The van der Waals surface area contributed by atoms with E-state index in [1.54, 1.807) is 6.20 Å². The van der Waals surface area contributed by atoms with Crippen molar-refractivity contribution in [2.24, 2.45) is 0 Å². The summed E-state index contributed by atoms with van der Waals surface area (Å²) in [6.07, 6.45) is 3.71. The number of piperidine rings is 1. The molecule has 0 unspecified atom stereocenters. The molecule has 1 amide bonds. The lowest BCUT2D eigenvalue weighted by molar-refractivity contribution is 0.0121. The lowest BCUT2D eigenvalue weighted by Gasteiger charge is -2.38. The Morgan fingerprint density at radius 3 is 2.91 bits per heavy atom. The molecule has 128 valence electrons. The van der Waals surface area contributed by atoms with E-state index in [-0.39, 0.29) is 6.09 Å². The highest BCUT2D eigenvalue weighted by Crippen LogP contribution is 2.20. The van der Waals surface area contributed by atoms with Gasteiger partial charge in [-0.05, 0) is 74.3 Å². The molecule has 6 heteroatoms. The third-order valence-corrected chi connectivity index (χ3v) is 4.33. The number of aromatic nitrogens is 1. The average molecular weight is 384 g/mol. The molecule has 23 heavy (non-hydrogen) atoms. The molecule has 1 aliphatic rings. The third kappa shape index (κ3) is 5.77. The smallest absolute Gasteiger partial charge is 0.410 e. The quantitative estimate of drug-likeness (QED) is 0.746. The van der Waals surface area contributed by atoms with E-state index in [2.05, 4.69) is 32.9 Å². The minimum Gasteiger partial charge on any atom is -0.444 e. The molecule has 1 aromatic heterocycles. The molecule has 2 heterocycles. The fourth-order valence-electron chi connectivity index (χ4n) is 2.76. The van der Waals surface area contributed by atoms with Crippen LogP contribution in [-0.4, -0.2) is 52.7 Å². The molecule has 0 aromatic carbocycles. The summed E-state index contributed by atoms with van der Waals surface area (Å²) in [7, 11) is 2.11. The summed E-state index contributed by atoms with van der Waals surface area (Å²) in [5.74, 6) is 0. The Morgan fingerprint density at radius 1 is 1.52 bits per heavy atom. The molecule has 1 atom stereocenters. The Hall–Kier alpha value is -1.14. The number of amides is 1. The van der Waals surface area contributed by atoms with Crippen LogP contribution in [0, 0.1) is 0 Å². The summed E-state index contributed by atoms with van der Waals surface area (Å²) in [5, 5.41) is 0. The summed E-state index contributed by atoms with van der Waals surface area (Å²) in [5.41, 5.74) is 0.767. The fraction of sp³-hybridized carbons (Fsp3) is 0.647. The first-order valence-electron chi connectivity index (χ1n) is 8.03. The van der Waals surface area contributed by atoms with Gasteiger partial charge in [0.05, 0.1) is 0 Å². The first-order valence-corrected chi connectivity index (χ1v) is 8.82. The van der Waals surface area contributed by atoms with E-state index in [4.69, 9.17) is 4.74 Å². The molecule has 0 spiro atoms. The van der Waals surface area contributed by atoms with Gasteiger partial charge in [-0.2, -0.15) is 0 Å². The van der Waals surface area contributed by atoms with Gasteiger partial charge >= 0.3 is 6.09 Å². The normalized spacial score (nSPS) is 19.0. The van der Waals surface area contributed by atoms with Crippen molar-refractivity contribution in [2.75, 3.05) is 20.1 Å². The summed E-state index contributed by atoms with van der Waals surface area (Å²) in [6, 6.07) is 4.41. The standard InChI is InChI=1S/C17H26BrN3O2/c1-17(2,3)23-16(22)21-9-5-6-14(12-21)20(4)11-13-7-8-19-15(18)10-13/h7-8,10,14H,5-6,9,11-12H2,1-4H3/t14-/m0/s1. The molecular formula is C17H26BrN3O2. The van der Waals surface area contributed by atoms with Crippen molar-refractivity contribution in [1.82, 2.24) is 14.8 Å². The molecule has 0 bridgehead atoms. The van der Waals surface area contributed by atoms with Gasteiger partial charge in [-0.3, -0.25) is 4.90 Å². The number of pyridine rings is 1. The maximum atomic E-state index is 12.3. The van der Waals surface area contributed by atoms with E-state index in [1.165, 1.54) is 5.56 Å². The summed E-state index contributed by atoms with van der Waals surface area (Å²) >= 11 is 3.41. The molecule has 5 nitrogen and oxygen atoms in total. The van der Waals surface area contributed by atoms with E-state index in [0.717, 1.165) is 37.1 Å². The number of carbonyl (C=O) groups excluding carboxylic acids is 1. The second-order valence-corrected chi connectivity index (χ2v) is 7.94. The van der Waals surface area contributed by atoms with Crippen molar-refractivity contribution in [1.29, 1.82) is 0 Å². The minimum atomic E-state index is -0.445. The third-order valence-electron chi connectivity index (χ3n) is 3.89. The predicted molar refractivity (Wildman–Crippen MR) is 94.2 cm³/mol. The molecule has 0 aliphatic carbocycles. The van der Waals surface area contributed by atoms with Gasteiger partial charge in [-0.25, -0.2) is 9.78 Å². The number of likely N-dealkylation sites (N-methyl/N-ethyl adjacent to an activating group) is 1. The Morgan fingerprint density at radius 2 is 2.26 bits per heavy atom. The zero-order valence-electron chi connectivity index (χ0n) is 14.4. The first kappa shape index (κ1) is 18.2. The van der Waals surface area contributed by atoms with Crippen molar-refractivity contribution in [2.45, 2.75) is 51.8 Å². The molecule has 0 N–H and O–H groups in total. The zero-order chi connectivity index (χ0) is 17.0. The molecule has 0 saturated carbocycles. The number of carbonyl (C=O) groups is 1. The van der Waals surface area contributed by atoms with Crippen LogP contribution in [0.25, 0.3) is 0 Å². The maximum absolute atomic E-state index is 12.3. The summed E-state index contributed by atoms with van der Waals surface area (Å²) in [6.45, 7) is 8.05. The topological polar surface area (TPSA) is 45.7 Å². The fourth-order valence-corrected chi connectivity index (χ4v) is 3.18. The van der Waals surface area contributed by atoms with E-state index in [9.17, 15) is 4.79 Å². The number of likely N-dealkylation sites (tertiary alicyclic amines) is 1. The molecule has 1 aromatic rings. The predicted octanol–water partition coefficient (Wildman–Crippen LogP) is 3.68. The molecular weight excluding hydrogens is 358 g/mol. The average Bonchev–Trinajstić information content (AvgIpc) is 2.45. The number of rotatable bonds is 3. The monoisotopic (exact) mass is 383 g/mol. The molecule has 2 rings (SSSR count). The number of hydrogen-bond donors (Lipinski definition) is 0. The summed E-state index contributed by atoms with van der Waals surface area (Å²) < 4.78 is 6.34. The van der Waals surface area contributed by atoms with Crippen molar-refractivity contribution in [3.63, 3.8) is 0 Å². The molecule has 1 aliphatic heterocycles. The van der Waals surface area contributed by atoms with Gasteiger partial charge in [0.2, 0.25) is 0 Å². The highest BCUT2D eigenvalue weighted by molar-refractivity contribution is 9.10. The number of halogens is 1. The van der Waals surface area contributed by atoms with Crippen LogP contribution in [0.3, 0.4) is 0 Å². The van der Waals surface area contributed by atoms with Crippen molar-refractivity contribution in [3.05, 3.63) is 28.5 Å². The maximum Gasteiger partial charge on any atom is 0.410 e. The van der Waals surface area contributed by atoms with Gasteiger partial charge in [-0.15, -0.1) is 0 Å². The van der Waals surface area contributed by atoms with E-state index in [1.807, 2.05) is 37.8 Å². The van der Waals surface area contributed by atoms with Crippen LogP contribution in [0.15, 0.2) is 22.9 Å². The van der Waals surface area contributed by atoms with Crippen LogP contribution in [0.2, 0.25) is 0 Å². The Kier molecular flexibility index (Phi) is 6.03. The van der Waals surface area contributed by atoms with Gasteiger partial charge in [-0.1, -0.05) is 0 Å². The van der Waals surface area contributed by atoms with Gasteiger partial charge < -0.3 is 9.64 Å². The number of hydrogen-bond acceptors (Lipinski definition) is 4. The van der Waals surface area contributed by atoms with Crippen molar-refractivity contribution < 1.29 is 9.53 Å². The zero-order valence-corrected chi connectivity index (χ0v) is 16.0. The van der Waals surface area contributed by atoms with Crippen molar-refractivity contribution >= 4 is 22.0 Å². The van der Waals surface area contributed by atoms with Crippen LogP contribution in [0.5, 0.6) is 0 Å². The second kappa shape index (κ2) is 7.62. The second-order valence-electron chi connectivity index (χ2n) is 7.12. The Labute approximate surface area is 147 Å². The lowest BCUT2D eigenvalue weighted by Crippen LogP contribution is -2.49. The van der Waals surface area contributed by atoms with Crippen LogP contribution < -0.4 is 0 Å². The van der Waals surface area contributed by atoms with Crippen LogP contribution in [0.1, 0.15) is 39.2 Å². The van der Waals surface area contributed by atoms with Crippen LogP contribution >= 0.6 is 15.9 Å². The number of nitrogens with zero attached hydrogens (tertiary/aromatic N) is 3. The SMILES string of the molecule is CN(Cc1ccnc(Br)c1)[C@H]1CCCN(C(=O)OC(C)(C)C)C1. The highest BCUT2D eigenvalue weighted by atomic mass is 79.9. The molecule has 1 fully saturated rings. The van der Waals surface area contributed by atoms with Crippen molar-refractivity contribution in [3.8, 4) is 0 Å². The summed E-state index contributed by atoms with van der Waals surface area (Å²) in [4.78, 5) is 20.5. The largest absolute Gasteiger partial charge is 0.444 e. The Balaban J connectivity index is 1.93. The highest BCUT2D eigenvalue weighted by Gasteiger charge is 2.29. The van der Waals surface area contributed by atoms with Gasteiger partial charge in [0, 0.05) is 31.9 Å². The van der Waals surface area contributed by atoms with E-state index >= 15 is 0 Å². The number of ether oxygens (including phenoxy) is 1. The minimum absolute atomic E-state index is 0.206. The van der Waals surface area contributed by atoms with Gasteiger partial charge in [0.1, 0.15) is 10.2 Å². The first-order chi connectivity index (χ1) is 10.7.